The van der Waals surface area contributed by atoms with Crippen molar-refractivity contribution in [3.05, 3.63) is 49.4 Å². The van der Waals surface area contributed by atoms with Gasteiger partial charge in [0.2, 0.25) is 0 Å². The summed E-state index contributed by atoms with van der Waals surface area (Å²) in [7, 11) is 0. The maximum Gasteiger partial charge on any atom is 0.404 e. The molecule has 8 nitrogen and oxygen atoms in total. The normalized spacial score (nSPS) is 17.4. The van der Waals surface area contributed by atoms with Gasteiger partial charge in [0.15, 0.2) is 5.57 Å². The van der Waals surface area contributed by atoms with Crippen LogP contribution in [-0.2, 0) is 17.8 Å². The van der Waals surface area contributed by atoms with Crippen LogP contribution in [0.2, 0.25) is 0 Å². The van der Waals surface area contributed by atoms with Crippen molar-refractivity contribution in [3.63, 3.8) is 0 Å². The number of nitrogens with zero attached hydrogens (tertiary/aromatic N) is 4. The number of nitrogens with one attached hydrogen (secondary N) is 2. The fourth-order valence-corrected chi connectivity index (χ4v) is 5.19. The van der Waals surface area contributed by atoms with Gasteiger partial charge in [-0.2, -0.15) is 23.7 Å². The SMILES string of the molecule is CCn1c(=O)/c(=C\Nc2cccc(CCN3CCCC3C(F)(F)F)c2)s/c1=C(/C#N)C(=O)NCC#N. The predicted octanol–water partition coefficient (Wildman–Crippen LogP) is 1.66. The molecule has 0 radical (unpaired) electrons. The number of amides is 1. The maximum absolute atomic E-state index is 13.2. The van der Waals surface area contributed by atoms with Gasteiger partial charge in [-0.05, 0) is 50.4 Å². The number of carbonyl (C=O) groups excluding carboxylic acids is 1. The Bertz CT molecular complexity index is 1370. The molecule has 36 heavy (non-hydrogen) atoms. The number of halogens is 3. The van der Waals surface area contributed by atoms with Crippen LogP contribution in [0.25, 0.3) is 11.8 Å². The van der Waals surface area contributed by atoms with Gasteiger partial charge in [-0.15, -0.1) is 11.3 Å². The van der Waals surface area contributed by atoms with Crippen LogP contribution in [0.4, 0.5) is 18.9 Å². The average Bonchev–Trinajstić information content (AvgIpc) is 3.45. The molecule has 2 N–H and O–H groups in total. The number of aromatic nitrogens is 1. The van der Waals surface area contributed by atoms with Gasteiger partial charge in [-0.3, -0.25) is 19.1 Å². The van der Waals surface area contributed by atoms with Crippen molar-refractivity contribution >= 4 is 34.7 Å². The number of carbonyl (C=O) groups is 1. The van der Waals surface area contributed by atoms with E-state index in [9.17, 15) is 28.0 Å². The lowest BCUT2D eigenvalue weighted by Gasteiger charge is -2.26. The van der Waals surface area contributed by atoms with E-state index >= 15 is 0 Å². The van der Waals surface area contributed by atoms with Crippen molar-refractivity contribution in [1.29, 1.82) is 10.5 Å². The van der Waals surface area contributed by atoms with Crippen LogP contribution in [0.15, 0.2) is 29.1 Å². The zero-order valence-electron chi connectivity index (χ0n) is 19.6. The quantitative estimate of drug-likeness (QED) is 0.514. The molecule has 190 valence electrons. The summed E-state index contributed by atoms with van der Waals surface area (Å²) in [5, 5.41) is 23.5. The van der Waals surface area contributed by atoms with E-state index in [0.717, 1.165) is 16.9 Å². The van der Waals surface area contributed by atoms with Crippen molar-refractivity contribution in [1.82, 2.24) is 14.8 Å². The lowest BCUT2D eigenvalue weighted by atomic mass is 10.1. The van der Waals surface area contributed by atoms with Crippen molar-refractivity contribution in [2.45, 2.75) is 44.9 Å². The molecule has 1 fully saturated rings. The standard InChI is InChI=1S/C24H25F3N6O2S/c1-2-33-22(35)19(36-23(33)18(14-29)21(34)30-10-9-28)15-31-17-6-3-5-16(13-17)8-12-32-11-4-7-20(32)24(25,26)27/h3,5-6,13,15,20,31H,2,4,7-8,10-12H2,1H3,(H,30,34)/b19-15+,23-18-. The lowest BCUT2D eigenvalue weighted by molar-refractivity contribution is -0.175. The maximum atomic E-state index is 13.2. The van der Waals surface area contributed by atoms with Gasteiger partial charge >= 0.3 is 6.18 Å². The highest BCUT2D eigenvalue weighted by atomic mass is 32.1. The summed E-state index contributed by atoms with van der Waals surface area (Å²) in [6, 6.07) is 9.38. The Hall–Kier alpha value is -3.61. The van der Waals surface area contributed by atoms with Gasteiger partial charge in [-0.25, -0.2) is 0 Å². The molecule has 1 unspecified atom stereocenters. The lowest BCUT2D eigenvalue weighted by Crippen LogP contribution is -2.42. The van der Waals surface area contributed by atoms with E-state index in [1.165, 1.54) is 15.7 Å². The first kappa shape index (κ1) is 27.0. The largest absolute Gasteiger partial charge is 0.404 e. The van der Waals surface area contributed by atoms with Crippen LogP contribution >= 0.6 is 11.3 Å². The van der Waals surface area contributed by atoms with E-state index in [1.54, 1.807) is 25.1 Å². The number of thiazole rings is 1. The monoisotopic (exact) mass is 518 g/mol. The van der Waals surface area contributed by atoms with Gasteiger partial charge in [0.1, 0.15) is 27.9 Å². The van der Waals surface area contributed by atoms with E-state index < -0.39 is 18.1 Å². The van der Waals surface area contributed by atoms with E-state index in [4.69, 9.17) is 5.26 Å². The molecule has 1 amide bonds. The Balaban J connectivity index is 1.81. The summed E-state index contributed by atoms with van der Waals surface area (Å²) in [5.74, 6) is -0.736. The number of anilines is 1. The number of alkyl halides is 3. The van der Waals surface area contributed by atoms with Crippen molar-refractivity contribution < 1.29 is 18.0 Å². The summed E-state index contributed by atoms with van der Waals surface area (Å²) >= 11 is 0.974. The van der Waals surface area contributed by atoms with Crippen LogP contribution in [0, 0.1) is 22.7 Å². The van der Waals surface area contributed by atoms with E-state index in [0.29, 0.717) is 31.6 Å². The van der Waals surface area contributed by atoms with Crippen molar-refractivity contribution in [2.24, 2.45) is 0 Å². The predicted molar refractivity (Wildman–Crippen MR) is 130 cm³/mol. The fraction of sp³-hybridized carbons (Fsp3) is 0.417. The minimum atomic E-state index is -4.22. The number of hydrogen-bond acceptors (Lipinski definition) is 7. The smallest absolute Gasteiger partial charge is 0.360 e. The number of nitriles is 2. The zero-order valence-corrected chi connectivity index (χ0v) is 20.4. The molecule has 1 aromatic heterocycles. The third kappa shape index (κ3) is 6.33. The molecule has 1 aliphatic rings. The summed E-state index contributed by atoms with van der Waals surface area (Å²) in [4.78, 5) is 26.5. The Morgan fingerprint density at radius 2 is 2.11 bits per heavy atom. The van der Waals surface area contributed by atoms with Crippen LogP contribution in [0.1, 0.15) is 25.3 Å². The van der Waals surface area contributed by atoms with Crippen molar-refractivity contribution in [2.75, 3.05) is 25.0 Å². The highest BCUT2D eigenvalue weighted by molar-refractivity contribution is 7.07. The zero-order chi connectivity index (χ0) is 26.3. The molecule has 3 rings (SSSR count). The van der Waals surface area contributed by atoms with E-state index in [1.807, 2.05) is 18.2 Å². The molecule has 2 aromatic rings. The first-order valence-corrected chi connectivity index (χ1v) is 12.2. The molecule has 0 spiro atoms. The Morgan fingerprint density at radius 3 is 2.78 bits per heavy atom. The van der Waals surface area contributed by atoms with Crippen LogP contribution < -0.4 is 25.4 Å². The van der Waals surface area contributed by atoms with E-state index in [-0.39, 0.29) is 39.8 Å². The minimum absolute atomic E-state index is 0.128. The molecule has 0 saturated carbocycles. The van der Waals surface area contributed by atoms with E-state index in [2.05, 4.69) is 10.6 Å². The van der Waals surface area contributed by atoms with Crippen LogP contribution in [0.3, 0.4) is 0 Å². The van der Waals surface area contributed by atoms with Crippen LogP contribution in [-0.4, -0.2) is 47.2 Å². The highest BCUT2D eigenvalue weighted by Gasteiger charge is 2.45. The number of benzene rings is 1. The van der Waals surface area contributed by atoms with Gasteiger partial charge in [0, 0.05) is 25.0 Å². The highest BCUT2D eigenvalue weighted by Crippen LogP contribution is 2.32. The molecule has 12 heteroatoms. The first-order valence-electron chi connectivity index (χ1n) is 11.3. The summed E-state index contributed by atoms with van der Waals surface area (Å²) in [6.45, 7) is 2.41. The molecule has 1 aliphatic heterocycles. The first-order chi connectivity index (χ1) is 17.2. The fourth-order valence-electron chi connectivity index (χ4n) is 4.10. The van der Waals surface area contributed by atoms with Gasteiger partial charge in [0.25, 0.3) is 11.5 Å². The summed E-state index contributed by atoms with van der Waals surface area (Å²) < 4.78 is 41.3. The second-order valence-electron chi connectivity index (χ2n) is 8.12. The molecule has 2 heterocycles. The molecule has 1 atom stereocenters. The Labute approximate surface area is 209 Å². The number of rotatable bonds is 8. The average molecular weight is 519 g/mol. The topological polar surface area (TPSA) is 114 Å². The minimum Gasteiger partial charge on any atom is -0.360 e. The van der Waals surface area contributed by atoms with Gasteiger partial charge in [-0.1, -0.05) is 12.1 Å². The molecule has 1 saturated heterocycles. The molecule has 0 aliphatic carbocycles. The van der Waals surface area contributed by atoms with Crippen molar-refractivity contribution in [3.8, 4) is 12.1 Å². The van der Waals surface area contributed by atoms with Crippen LogP contribution in [0.5, 0.6) is 0 Å². The third-order valence-electron chi connectivity index (χ3n) is 5.83. The summed E-state index contributed by atoms with van der Waals surface area (Å²) in [6.07, 6.45) is -1.64. The number of likely N-dealkylation sites (tertiary alicyclic amines) is 1. The Kier molecular flexibility index (Phi) is 8.91. The summed E-state index contributed by atoms with van der Waals surface area (Å²) in [5.41, 5.74) is 0.868. The second-order valence-corrected chi connectivity index (χ2v) is 9.15. The Morgan fingerprint density at radius 1 is 1.33 bits per heavy atom. The van der Waals surface area contributed by atoms with Gasteiger partial charge in [0.05, 0.1) is 6.07 Å². The van der Waals surface area contributed by atoms with Gasteiger partial charge < -0.3 is 10.6 Å². The second kappa shape index (κ2) is 11.9. The molecule has 0 bridgehead atoms. The molecular weight excluding hydrogens is 493 g/mol. The molecule has 1 aromatic carbocycles. The molecular formula is C24H25F3N6O2S. The third-order valence-corrected chi connectivity index (χ3v) is 6.96. The number of hydrogen-bond donors (Lipinski definition) is 2.